The van der Waals surface area contributed by atoms with E-state index in [2.05, 4.69) is 63.0 Å². The molecule has 472 valence electrons. The number of halogens is 3. The lowest BCUT2D eigenvalue weighted by Crippen LogP contribution is -2.23. The van der Waals surface area contributed by atoms with Crippen molar-refractivity contribution in [3.05, 3.63) is 193 Å². The van der Waals surface area contributed by atoms with Crippen LogP contribution in [-0.2, 0) is 36.2 Å². The van der Waals surface area contributed by atoms with Crippen LogP contribution in [0, 0.1) is 0 Å². The second-order valence-electron chi connectivity index (χ2n) is 23.9. The van der Waals surface area contributed by atoms with Crippen LogP contribution in [0.5, 0.6) is 0 Å². The summed E-state index contributed by atoms with van der Waals surface area (Å²) in [6, 6.07) is 35.4. The summed E-state index contributed by atoms with van der Waals surface area (Å²) in [4.78, 5) is 17.7. The van der Waals surface area contributed by atoms with Crippen LogP contribution in [-0.4, -0.2) is 159 Å². The highest BCUT2D eigenvalue weighted by Crippen LogP contribution is 2.40. The van der Waals surface area contributed by atoms with Crippen molar-refractivity contribution in [3.8, 4) is 0 Å². The van der Waals surface area contributed by atoms with Gasteiger partial charge in [-0.15, -0.1) is 0 Å². The second-order valence-corrected chi connectivity index (χ2v) is 29.3. The number of pyridine rings is 1. The number of nitrogens with zero attached hydrogens (tertiary/aromatic N) is 10. The van der Waals surface area contributed by atoms with Crippen molar-refractivity contribution in [3.63, 3.8) is 0 Å². The maximum Gasteiger partial charge on any atom is 0.416 e. The topological polar surface area (TPSA) is 150 Å². The molecule has 1 fully saturated rings. The number of benzene rings is 5. The zero-order chi connectivity index (χ0) is 63.9. The molecule has 5 aromatic carbocycles. The number of rotatable bonds is 12. The molecule has 0 N–H and O–H groups in total. The molecule has 8 heterocycles. The van der Waals surface area contributed by atoms with Crippen LogP contribution in [0.15, 0.2) is 185 Å². The summed E-state index contributed by atoms with van der Waals surface area (Å²) >= 11 is 0. The van der Waals surface area contributed by atoms with Crippen LogP contribution >= 0.6 is 0 Å². The smallest absolute Gasteiger partial charge is 0.378 e. The molecule has 16 nitrogen and oxygen atoms in total. The predicted molar refractivity (Wildman–Crippen MR) is 356 cm³/mol. The molecule has 4 aliphatic rings. The fourth-order valence-corrected chi connectivity index (χ4v) is 16.1. The molecule has 22 heteroatoms. The molecule has 4 aromatic heterocycles. The lowest BCUT2D eigenvalue weighted by atomic mass is 9.98. The van der Waals surface area contributed by atoms with Gasteiger partial charge in [-0.05, 0) is 167 Å². The summed E-state index contributed by atoms with van der Waals surface area (Å²) in [5, 5.41) is 2.17. The Bertz CT molecular complexity index is 4600. The van der Waals surface area contributed by atoms with Crippen LogP contribution in [0.25, 0.3) is 49.6 Å². The first kappa shape index (κ1) is 63.6. The van der Waals surface area contributed by atoms with Crippen LogP contribution in [0.4, 0.5) is 30.2 Å². The Morgan fingerprint density at radius 2 is 0.900 bits per heavy atom. The van der Waals surface area contributed by atoms with Gasteiger partial charge in [0.05, 0.1) is 31.3 Å². The highest BCUT2D eigenvalue weighted by atomic mass is 32.2. The van der Waals surface area contributed by atoms with Gasteiger partial charge in [-0.3, -0.25) is 0 Å². The SMILES string of the molecule is CN1CC=C(c2cn(S(=O)(=O)c3cccc(N(C)C)c3)c3ccc(C(F)(F)F)cc23)CC1.CN1CC=C(c2cn(S(=O)(=O)c3cccc(N(C)C)c3)c3ncccc23)CC1.CN1CC=C(c2cn(S(=O)(=O)c3ccccc3)c3ccc(N4CCCC4)cc23)CC1. The van der Waals surface area contributed by atoms with Crippen molar-refractivity contribution in [2.75, 3.05) is 116 Å². The van der Waals surface area contributed by atoms with Gasteiger partial charge in [-0.2, -0.15) is 13.2 Å². The number of likely N-dealkylation sites (N-methyl/N-ethyl adjacent to an activating group) is 3. The van der Waals surface area contributed by atoms with E-state index in [0.717, 1.165) is 113 Å². The maximum absolute atomic E-state index is 13.5. The second kappa shape index (κ2) is 25.7. The van der Waals surface area contributed by atoms with Crippen molar-refractivity contribution in [2.24, 2.45) is 0 Å². The van der Waals surface area contributed by atoms with Crippen LogP contribution < -0.4 is 14.7 Å². The molecular formula is C68H75F3N10O6S3. The Balaban J connectivity index is 0.000000139. The summed E-state index contributed by atoms with van der Waals surface area (Å²) in [7, 11) is 2.10. The van der Waals surface area contributed by atoms with Gasteiger partial charge in [0.2, 0.25) is 0 Å². The number of aromatic nitrogens is 4. The maximum atomic E-state index is 13.5. The monoisotopic (exact) mass is 1280 g/mol. The van der Waals surface area contributed by atoms with E-state index in [1.807, 2.05) is 68.6 Å². The van der Waals surface area contributed by atoms with Gasteiger partial charge in [0.15, 0.2) is 5.65 Å². The van der Waals surface area contributed by atoms with Gasteiger partial charge in [0, 0.05) is 155 Å². The summed E-state index contributed by atoms with van der Waals surface area (Å²) in [5.74, 6) is 0. The van der Waals surface area contributed by atoms with Crippen LogP contribution in [0.2, 0.25) is 0 Å². The normalized spacial score (nSPS) is 16.5. The van der Waals surface area contributed by atoms with E-state index in [4.69, 9.17) is 0 Å². The van der Waals surface area contributed by atoms with E-state index in [9.17, 15) is 38.4 Å². The quantitative estimate of drug-likeness (QED) is 0.114. The third-order valence-corrected chi connectivity index (χ3v) is 22.2. The molecule has 0 spiro atoms. The highest BCUT2D eigenvalue weighted by molar-refractivity contribution is 7.90. The molecule has 0 radical (unpaired) electrons. The molecule has 0 unspecified atom stereocenters. The van der Waals surface area contributed by atoms with Crippen LogP contribution in [0.3, 0.4) is 0 Å². The third kappa shape index (κ3) is 13.0. The minimum atomic E-state index is -4.52. The van der Waals surface area contributed by atoms with Crippen molar-refractivity contribution < 1.29 is 38.4 Å². The Labute approximate surface area is 525 Å². The van der Waals surface area contributed by atoms with Gasteiger partial charge in [-0.1, -0.05) is 48.6 Å². The van der Waals surface area contributed by atoms with Crippen molar-refractivity contribution in [1.29, 1.82) is 0 Å². The van der Waals surface area contributed by atoms with E-state index in [1.54, 1.807) is 92.1 Å². The minimum Gasteiger partial charge on any atom is -0.378 e. The van der Waals surface area contributed by atoms with Crippen molar-refractivity contribution in [1.82, 2.24) is 31.6 Å². The van der Waals surface area contributed by atoms with Gasteiger partial charge in [-0.25, -0.2) is 42.2 Å². The molecule has 9 aromatic rings. The fraction of sp³-hybridized carbons (Fsp3) is 0.309. The lowest BCUT2D eigenvalue weighted by Gasteiger charge is -2.22. The largest absolute Gasteiger partial charge is 0.416 e. The molecular weight excluding hydrogens is 1210 g/mol. The number of hydrogen-bond acceptors (Lipinski definition) is 13. The number of hydrogen-bond donors (Lipinski definition) is 0. The van der Waals surface area contributed by atoms with Gasteiger partial charge in [0.25, 0.3) is 30.1 Å². The van der Waals surface area contributed by atoms with Crippen molar-refractivity contribution in [2.45, 2.75) is 53.0 Å². The van der Waals surface area contributed by atoms with E-state index in [-0.39, 0.29) is 20.7 Å². The molecule has 0 amide bonds. The van der Waals surface area contributed by atoms with Crippen molar-refractivity contribution >= 4 is 96.7 Å². The third-order valence-electron chi connectivity index (χ3n) is 17.2. The average Bonchev–Trinajstić information content (AvgIpc) is 1.62. The minimum absolute atomic E-state index is 0.0735. The van der Waals surface area contributed by atoms with E-state index in [1.165, 1.54) is 55.9 Å². The van der Waals surface area contributed by atoms with E-state index in [0.29, 0.717) is 34.8 Å². The van der Waals surface area contributed by atoms with Gasteiger partial charge in [0.1, 0.15) is 0 Å². The Morgan fingerprint density at radius 1 is 0.456 bits per heavy atom. The van der Waals surface area contributed by atoms with Crippen LogP contribution in [0.1, 0.15) is 54.4 Å². The fourth-order valence-electron chi connectivity index (χ4n) is 11.9. The van der Waals surface area contributed by atoms with E-state index >= 15 is 0 Å². The number of fused-ring (bicyclic) bond motifs is 3. The molecule has 13 rings (SSSR count). The zero-order valence-electron chi connectivity index (χ0n) is 51.6. The molecule has 90 heavy (non-hydrogen) atoms. The molecule has 0 atom stereocenters. The Hall–Kier alpha value is -7.99. The predicted octanol–water partition coefficient (Wildman–Crippen LogP) is 11.9. The molecule has 4 aliphatic heterocycles. The molecule has 0 aliphatic carbocycles. The Morgan fingerprint density at radius 3 is 1.38 bits per heavy atom. The first-order valence-electron chi connectivity index (χ1n) is 30.0. The molecule has 1 saturated heterocycles. The number of anilines is 3. The first-order valence-corrected chi connectivity index (χ1v) is 34.3. The summed E-state index contributed by atoms with van der Waals surface area (Å²) < 4.78 is 125. The summed E-state index contributed by atoms with van der Waals surface area (Å²) in [5.41, 5.74) is 9.13. The molecule has 0 saturated carbocycles. The average molecular weight is 1280 g/mol. The van der Waals surface area contributed by atoms with Gasteiger partial charge < -0.3 is 29.4 Å². The zero-order valence-corrected chi connectivity index (χ0v) is 54.1. The lowest BCUT2D eigenvalue weighted by molar-refractivity contribution is -0.137. The summed E-state index contributed by atoms with van der Waals surface area (Å²) in [6.07, 6.45) is 13.4. The summed E-state index contributed by atoms with van der Waals surface area (Å²) in [6.45, 7) is 7.22. The highest BCUT2D eigenvalue weighted by Gasteiger charge is 2.33. The molecule has 0 bridgehead atoms. The van der Waals surface area contributed by atoms with E-state index < -0.39 is 41.8 Å². The Kier molecular flexibility index (Phi) is 18.2. The first-order chi connectivity index (χ1) is 42.9. The number of alkyl halides is 3. The standard InChI is InChI=1S/C24H27N3O2S.C23H24F3N3O2S.C21H24N4O2S/c1-25-15-11-19(12-16-25)23-18-27(30(28,29)21-7-3-2-4-8-21)24-10-9-20(17-22(23)24)26-13-5-6-14-26;1-27(2)18-5-4-6-19(14-18)32(30,31)29-15-21(16-9-11-28(3)12-10-16)20-13-17(23(24,25)26)7-8-22(20)29;1-23(2)17-6-4-7-18(14-17)28(26,27)25-15-20(16-9-12-24(3)13-10-16)19-8-5-11-22-21(19)25/h2-4,7-11,17-18H,5-6,12-16H2,1H3;4-9,13-15H,10-12H2,1-3H3;4-9,11,14-15H,10,12-13H2,1-3H3. The van der Waals surface area contributed by atoms with Gasteiger partial charge >= 0.3 is 6.18 Å².